The predicted molar refractivity (Wildman–Crippen MR) is 91.3 cm³/mol. The van der Waals surface area contributed by atoms with Crippen molar-refractivity contribution in [3.63, 3.8) is 0 Å². The fraction of sp³-hybridized carbons (Fsp3) is 0.231. The summed E-state index contributed by atoms with van der Waals surface area (Å²) in [5, 5.41) is 3.20. The topological polar surface area (TPSA) is 46.2 Å². The van der Waals surface area contributed by atoms with Crippen molar-refractivity contribution < 1.29 is 8.42 Å². The van der Waals surface area contributed by atoms with Crippen LogP contribution in [0.15, 0.2) is 50.5 Å². The van der Waals surface area contributed by atoms with E-state index in [1.165, 1.54) is 0 Å². The lowest BCUT2D eigenvalue weighted by molar-refractivity contribution is 0.616. The third-order valence-electron chi connectivity index (χ3n) is 2.23. The first-order chi connectivity index (χ1) is 9.30. The summed E-state index contributed by atoms with van der Waals surface area (Å²) in [4.78, 5) is 0.680. The van der Waals surface area contributed by atoms with Crippen LogP contribution >= 0.6 is 38.4 Å². The number of halogens is 2. The molecule has 0 heterocycles. The zero-order chi connectivity index (χ0) is 15.2. The summed E-state index contributed by atoms with van der Waals surface area (Å²) in [5.74, 6) is 0. The Balaban J connectivity index is 2.50. The van der Waals surface area contributed by atoms with Crippen LogP contribution in [-0.4, -0.2) is 15.0 Å². The molecule has 0 unspecified atom stereocenters. The van der Waals surface area contributed by atoms with Crippen LogP contribution in [0.3, 0.4) is 0 Å². The van der Waals surface area contributed by atoms with Gasteiger partial charge >= 0.3 is 0 Å². The quantitative estimate of drug-likeness (QED) is 0.702. The van der Waals surface area contributed by atoms with Crippen molar-refractivity contribution in [2.45, 2.75) is 13.5 Å². The van der Waals surface area contributed by atoms with Gasteiger partial charge in [0.2, 0.25) is 0 Å². The van der Waals surface area contributed by atoms with Gasteiger partial charge in [-0.25, -0.2) is 8.42 Å². The molecular formula is C13H15BrClNO2S2. The highest BCUT2D eigenvalue weighted by atomic mass is 79.9. The molecule has 20 heavy (non-hydrogen) atoms. The molecule has 1 aromatic carbocycles. The molecule has 0 aliphatic carbocycles. The Bertz CT molecular complexity index is 596. The van der Waals surface area contributed by atoms with Crippen LogP contribution in [0.25, 0.3) is 0 Å². The fourth-order valence-electron chi connectivity index (χ4n) is 1.40. The molecule has 0 atom stereocenters. The van der Waals surface area contributed by atoms with Crippen molar-refractivity contribution >= 4 is 47.4 Å². The number of nitrogens with one attached hydrogen (secondary N) is 1. The van der Waals surface area contributed by atoms with Crippen molar-refractivity contribution in [1.29, 1.82) is 0 Å². The van der Waals surface area contributed by atoms with E-state index in [1.807, 2.05) is 30.3 Å². The van der Waals surface area contributed by atoms with E-state index >= 15 is 0 Å². The lowest BCUT2D eigenvalue weighted by atomic mass is 10.2. The van der Waals surface area contributed by atoms with E-state index in [2.05, 4.69) is 27.8 Å². The molecule has 0 fully saturated rings. The van der Waals surface area contributed by atoms with Gasteiger partial charge in [0.1, 0.15) is 4.24 Å². The van der Waals surface area contributed by atoms with Crippen molar-refractivity contribution in [1.82, 2.24) is 5.32 Å². The summed E-state index contributed by atoms with van der Waals surface area (Å²) in [5.41, 5.74) is 1.16. The largest absolute Gasteiger partial charge is 0.308 e. The summed E-state index contributed by atoms with van der Waals surface area (Å²) >= 11 is 4.19. The second-order valence-electron chi connectivity index (χ2n) is 3.99. The van der Waals surface area contributed by atoms with E-state index < -0.39 is 9.05 Å². The molecule has 0 aromatic heterocycles. The molecule has 0 saturated carbocycles. The zero-order valence-electron chi connectivity index (χ0n) is 10.9. The van der Waals surface area contributed by atoms with Crippen molar-refractivity contribution in [2.75, 3.05) is 6.54 Å². The van der Waals surface area contributed by atoms with Gasteiger partial charge < -0.3 is 5.32 Å². The SMILES string of the molecule is C=C(CNCc1ccccc1)S/C(=C(\C)Br)S(=O)(=O)Cl. The predicted octanol–water partition coefficient (Wildman–Crippen LogP) is 4.18. The lowest BCUT2D eigenvalue weighted by Crippen LogP contribution is -2.15. The third kappa shape index (κ3) is 6.45. The normalized spacial score (nSPS) is 12.9. The summed E-state index contributed by atoms with van der Waals surface area (Å²) in [7, 11) is 1.61. The Morgan fingerprint density at radius 1 is 1.40 bits per heavy atom. The first-order valence-corrected chi connectivity index (χ1v) is 9.64. The molecule has 0 spiro atoms. The highest BCUT2D eigenvalue weighted by Gasteiger charge is 2.18. The minimum atomic E-state index is -3.76. The fourth-order valence-corrected chi connectivity index (χ4v) is 4.85. The Hall–Kier alpha value is -0.270. The number of benzene rings is 1. The van der Waals surface area contributed by atoms with Crippen LogP contribution in [-0.2, 0) is 15.6 Å². The molecule has 0 aliphatic heterocycles. The molecular weight excluding hydrogens is 382 g/mol. The lowest BCUT2D eigenvalue weighted by Gasteiger charge is -2.09. The van der Waals surface area contributed by atoms with Crippen molar-refractivity contribution in [3.8, 4) is 0 Å². The molecule has 0 aliphatic rings. The second kappa shape index (κ2) is 8.24. The maximum Gasteiger partial charge on any atom is 0.268 e. The van der Waals surface area contributed by atoms with E-state index in [-0.39, 0.29) is 4.24 Å². The molecule has 110 valence electrons. The first-order valence-electron chi connectivity index (χ1n) is 5.72. The zero-order valence-corrected chi connectivity index (χ0v) is 14.9. The van der Waals surface area contributed by atoms with E-state index in [1.54, 1.807) is 6.92 Å². The Morgan fingerprint density at radius 3 is 2.50 bits per heavy atom. The van der Waals surface area contributed by atoms with Gasteiger partial charge in [-0.15, -0.1) is 0 Å². The number of allylic oxidation sites excluding steroid dienone is 1. The minimum absolute atomic E-state index is 0.0747. The molecule has 1 rings (SSSR count). The summed E-state index contributed by atoms with van der Waals surface area (Å²) < 4.78 is 23.3. The summed E-state index contributed by atoms with van der Waals surface area (Å²) in [6.45, 7) is 6.67. The average molecular weight is 397 g/mol. The van der Waals surface area contributed by atoms with Crippen LogP contribution in [0.1, 0.15) is 12.5 Å². The van der Waals surface area contributed by atoms with Gasteiger partial charge in [-0.1, -0.05) is 64.6 Å². The smallest absolute Gasteiger partial charge is 0.268 e. The number of hydrogen-bond acceptors (Lipinski definition) is 4. The molecule has 0 radical (unpaired) electrons. The third-order valence-corrected chi connectivity index (χ3v) is 6.47. The molecule has 7 heteroatoms. The van der Waals surface area contributed by atoms with Crippen LogP contribution in [0.5, 0.6) is 0 Å². The molecule has 0 saturated heterocycles. The number of rotatable bonds is 7. The monoisotopic (exact) mass is 395 g/mol. The van der Waals surface area contributed by atoms with Gasteiger partial charge in [0, 0.05) is 28.3 Å². The van der Waals surface area contributed by atoms with Crippen LogP contribution in [0.4, 0.5) is 0 Å². The van der Waals surface area contributed by atoms with Crippen LogP contribution < -0.4 is 5.32 Å². The molecule has 0 amide bonds. The van der Waals surface area contributed by atoms with E-state index in [0.29, 0.717) is 22.5 Å². The summed E-state index contributed by atoms with van der Waals surface area (Å²) in [6, 6.07) is 9.92. The van der Waals surface area contributed by atoms with Gasteiger partial charge in [-0.2, -0.15) is 0 Å². The van der Waals surface area contributed by atoms with Crippen LogP contribution in [0.2, 0.25) is 0 Å². The van der Waals surface area contributed by atoms with Gasteiger partial charge in [-0.05, 0) is 17.4 Å². The Labute approximate surface area is 137 Å². The Morgan fingerprint density at radius 2 is 2.00 bits per heavy atom. The average Bonchev–Trinajstić information content (AvgIpc) is 2.35. The van der Waals surface area contributed by atoms with Gasteiger partial charge in [-0.3, -0.25) is 0 Å². The van der Waals surface area contributed by atoms with E-state index in [0.717, 1.165) is 17.3 Å². The molecule has 1 aromatic rings. The van der Waals surface area contributed by atoms with Crippen LogP contribution in [0, 0.1) is 0 Å². The minimum Gasteiger partial charge on any atom is -0.308 e. The standard InChI is InChI=1S/C13H15BrClNO2S2/c1-10(19-13(11(2)14)20(15,17)18)8-16-9-12-6-4-3-5-7-12/h3-7,16H,1,8-9H2,2H3/b13-11-. The van der Waals surface area contributed by atoms with Crippen molar-refractivity contribution in [2.24, 2.45) is 0 Å². The van der Waals surface area contributed by atoms with Gasteiger partial charge in [0.05, 0.1) is 0 Å². The van der Waals surface area contributed by atoms with Gasteiger partial charge in [0.15, 0.2) is 0 Å². The molecule has 3 nitrogen and oxygen atoms in total. The highest BCUT2D eigenvalue weighted by molar-refractivity contribution is 9.11. The molecule has 0 bridgehead atoms. The first kappa shape index (κ1) is 17.8. The number of hydrogen-bond donors (Lipinski definition) is 1. The maximum atomic E-state index is 11.4. The van der Waals surface area contributed by atoms with E-state index in [4.69, 9.17) is 10.7 Å². The van der Waals surface area contributed by atoms with Gasteiger partial charge in [0.25, 0.3) is 9.05 Å². The maximum absolute atomic E-state index is 11.4. The number of thioether (sulfide) groups is 1. The Kier molecular flexibility index (Phi) is 7.33. The van der Waals surface area contributed by atoms with E-state index in [9.17, 15) is 8.42 Å². The molecule has 1 N–H and O–H groups in total. The highest BCUT2D eigenvalue weighted by Crippen LogP contribution is 2.35. The van der Waals surface area contributed by atoms with Crippen molar-refractivity contribution in [3.05, 3.63) is 56.1 Å². The summed E-state index contributed by atoms with van der Waals surface area (Å²) in [6.07, 6.45) is 0. The second-order valence-corrected chi connectivity index (χ2v) is 9.13.